The lowest BCUT2D eigenvalue weighted by atomic mass is 9.93. The number of nitrogens with one attached hydrogen (secondary N) is 1. The van der Waals surface area contributed by atoms with Crippen molar-refractivity contribution in [2.24, 2.45) is 5.92 Å². The number of aromatic amines is 1. The van der Waals surface area contributed by atoms with Gasteiger partial charge in [-0.1, -0.05) is 0 Å². The summed E-state index contributed by atoms with van der Waals surface area (Å²) in [5, 5.41) is 9.83. The van der Waals surface area contributed by atoms with Crippen LogP contribution in [-0.2, 0) is 4.79 Å². The number of carbonyl (C=O) groups excluding carboxylic acids is 1. The number of rotatable bonds is 4. The normalized spacial score (nSPS) is 18.5. The fourth-order valence-corrected chi connectivity index (χ4v) is 3.18. The molecule has 0 radical (unpaired) electrons. The summed E-state index contributed by atoms with van der Waals surface area (Å²) in [7, 11) is 0. The van der Waals surface area contributed by atoms with Crippen molar-refractivity contribution in [2.45, 2.75) is 25.7 Å². The van der Waals surface area contributed by atoms with Gasteiger partial charge in [-0.15, -0.1) is 0 Å². The second-order valence-corrected chi connectivity index (χ2v) is 5.97. The molecule has 1 aromatic heterocycles. The molecule has 1 aliphatic rings. The topological polar surface area (TPSA) is 73.4 Å². The summed E-state index contributed by atoms with van der Waals surface area (Å²) < 4.78 is 0. The molecule has 116 valence electrons. The molecule has 1 aliphatic heterocycles. The minimum absolute atomic E-state index is 0.0446. The van der Waals surface area contributed by atoms with E-state index in [-0.39, 0.29) is 12.3 Å². The van der Waals surface area contributed by atoms with Crippen LogP contribution in [0.15, 0.2) is 30.5 Å². The van der Waals surface area contributed by atoms with Gasteiger partial charge >= 0.3 is 5.97 Å². The monoisotopic (exact) mass is 300 g/mol. The minimum atomic E-state index is -0.763. The maximum absolute atomic E-state index is 12.6. The number of hydrogen-bond donors (Lipinski definition) is 2. The van der Waals surface area contributed by atoms with Crippen LogP contribution in [0.25, 0.3) is 10.9 Å². The lowest BCUT2D eigenvalue weighted by molar-refractivity contribution is -0.137. The quantitative estimate of drug-likeness (QED) is 0.912. The zero-order valence-corrected chi connectivity index (χ0v) is 12.4. The molecule has 1 saturated heterocycles. The number of carboxylic acids is 1. The second-order valence-electron chi connectivity index (χ2n) is 5.97. The first-order valence-corrected chi connectivity index (χ1v) is 7.71. The van der Waals surface area contributed by atoms with Gasteiger partial charge in [0.05, 0.1) is 0 Å². The number of amides is 1. The highest BCUT2D eigenvalue weighted by Gasteiger charge is 2.24. The van der Waals surface area contributed by atoms with Crippen LogP contribution < -0.4 is 0 Å². The van der Waals surface area contributed by atoms with Gasteiger partial charge in [0.2, 0.25) is 0 Å². The fraction of sp³-hybridized carbons (Fsp3) is 0.412. The number of H-pyrrole nitrogens is 1. The number of piperidine rings is 1. The molecule has 5 heteroatoms. The molecule has 5 nitrogen and oxygen atoms in total. The third-order valence-corrected chi connectivity index (χ3v) is 4.37. The Balaban J connectivity index is 1.69. The van der Waals surface area contributed by atoms with E-state index in [2.05, 4.69) is 4.98 Å². The summed E-state index contributed by atoms with van der Waals surface area (Å²) in [5.41, 5.74) is 1.72. The zero-order valence-electron chi connectivity index (χ0n) is 12.4. The Morgan fingerprint density at radius 3 is 3.00 bits per heavy atom. The van der Waals surface area contributed by atoms with Crippen molar-refractivity contribution in [3.8, 4) is 0 Å². The number of aromatic nitrogens is 1. The first-order chi connectivity index (χ1) is 10.6. The summed E-state index contributed by atoms with van der Waals surface area (Å²) in [6.07, 6.45) is 4.65. The van der Waals surface area contributed by atoms with Crippen molar-refractivity contribution in [3.63, 3.8) is 0 Å². The zero-order chi connectivity index (χ0) is 15.5. The number of likely N-dealkylation sites (tertiary alicyclic amines) is 1. The third kappa shape index (κ3) is 3.13. The van der Waals surface area contributed by atoms with E-state index in [1.165, 1.54) is 0 Å². The number of carbonyl (C=O) groups is 2. The number of aliphatic carboxylic acids is 1. The molecule has 2 N–H and O–H groups in total. The Bertz CT molecular complexity index is 692. The van der Waals surface area contributed by atoms with Crippen LogP contribution in [-0.4, -0.2) is 40.0 Å². The standard InChI is InChI=1S/C17H20N2O3/c20-16(21)6-3-12-2-1-9-19(11-12)17(22)14-4-5-15-13(10-14)7-8-18-15/h4-5,7-8,10,12,18H,1-3,6,9,11H2,(H,20,21)/t12-/m1/s1. The molecule has 3 rings (SSSR count). The molecule has 1 fully saturated rings. The second kappa shape index (κ2) is 6.22. The van der Waals surface area contributed by atoms with Crippen molar-refractivity contribution >= 4 is 22.8 Å². The van der Waals surface area contributed by atoms with Gasteiger partial charge in [-0.05, 0) is 49.4 Å². The molecule has 1 amide bonds. The molecular formula is C17H20N2O3. The van der Waals surface area contributed by atoms with Crippen LogP contribution in [0.4, 0.5) is 0 Å². The first-order valence-electron chi connectivity index (χ1n) is 7.71. The Morgan fingerprint density at radius 1 is 1.32 bits per heavy atom. The van der Waals surface area contributed by atoms with Crippen molar-refractivity contribution in [2.75, 3.05) is 13.1 Å². The van der Waals surface area contributed by atoms with Crippen LogP contribution in [0.3, 0.4) is 0 Å². The highest BCUT2D eigenvalue weighted by Crippen LogP contribution is 2.23. The van der Waals surface area contributed by atoms with E-state index in [0.29, 0.717) is 24.4 Å². The number of fused-ring (bicyclic) bond motifs is 1. The minimum Gasteiger partial charge on any atom is -0.481 e. The van der Waals surface area contributed by atoms with Crippen LogP contribution in [0.1, 0.15) is 36.0 Å². The molecule has 1 atom stereocenters. The molecule has 0 unspecified atom stereocenters. The summed E-state index contributed by atoms with van der Waals surface area (Å²) in [6.45, 7) is 1.42. The van der Waals surface area contributed by atoms with Gasteiger partial charge < -0.3 is 15.0 Å². The van der Waals surface area contributed by atoms with Crippen LogP contribution in [0.2, 0.25) is 0 Å². The molecule has 22 heavy (non-hydrogen) atoms. The van der Waals surface area contributed by atoms with Gasteiger partial charge in [0.25, 0.3) is 5.91 Å². The van der Waals surface area contributed by atoms with Gasteiger partial charge in [0.1, 0.15) is 0 Å². The lowest BCUT2D eigenvalue weighted by Gasteiger charge is -2.32. The number of benzene rings is 1. The van der Waals surface area contributed by atoms with E-state index in [1.54, 1.807) is 0 Å². The van der Waals surface area contributed by atoms with Crippen molar-refractivity contribution < 1.29 is 14.7 Å². The number of nitrogens with zero attached hydrogens (tertiary/aromatic N) is 1. The van der Waals surface area contributed by atoms with E-state index in [4.69, 9.17) is 5.11 Å². The predicted molar refractivity (Wildman–Crippen MR) is 83.8 cm³/mol. The molecule has 0 aliphatic carbocycles. The van der Waals surface area contributed by atoms with Crippen LogP contribution in [0.5, 0.6) is 0 Å². The Labute approximate surface area is 128 Å². The Kier molecular flexibility index (Phi) is 4.13. The van der Waals surface area contributed by atoms with Gasteiger partial charge in [-0.2, -0.15) is 0 Å². The summed E-state index contributed by atoms with van der Waals surface area (Å²) in [5.74, 6) is -0.422. The average molecular weight is 300 g/mol. The van der Waals surface area contributed by atoms with E-state index in [9.17, 15) is 9.59 Å². The average Bonchev–Trinajstić information content (AvgIpc) is 3.00. The van der Waals surface area contributed by atoms with Crippen molar-refractivity contribution in [3.05, 3.63) is 36.0 Å². The summed E-state index contributed by atoms with van der Waals surface area (Å²) >= 11 is 0. The highest BCUT2D eigenvalue weighted by atomic mass is 16.4. The largest absolute Gasteiger partial charge is 0.481 e. The molecule has 1 aromatic carbocycles. The number of carboxylic acid groups (broad SMARTS) is 1. The van der Waals surface area contributed by atoms with Crippen LogP contribution >= 0.6 is 0 Å². The summed E-state index contributed by atoms with van der Waals surface area (Å²) in [6, 6.07) is 7.64. The maximum Gasteiger partial charge on any atom is 0.303 e. The van der Waals surface area contributed by atoms with Crippen molar-refractivity contribution in [1.82, 2.24) is 9.88 Å². The van der Waals surface area contributed by atoms with E-state index in [0.717, 1.165) is 30.3 Å². The fourth-order valence-electron chi connectivity index (χ4n) is 3.18. The number of hydrogen-bond acceptors (Lipinski definition) is 2. The maximum atomic E-state index is 12.6. The molecular weight excluding hydrogens is 280 g/mol. The first kappa shape index (κ1) is 14.6. The molecule has 0 bridgehead atoms. The van der Waals surface area contributed by atoms with Gasteiger partial charge in [-0.3, -0.25) is 9.59 Å². The predicted octanol–water partition coefficient (Wildman–Crippen LogP) is 2.88. The third-order valence-electron chi connectivity index (χ3n) is 4.37. The summed E-state index contributed by atoms with van der Waals surface area (Å²) in [4.78, 5) is 28.3. The van der Waals surface area contributed by atoms with E-state index >= 15 is 0 Å². The van der Waals surface area contributed by atoms with Gasteiger partial charge in [0, 0.05) is 42.2 Å². The van der Waals surface area contributed by atoms with E-state index < -0.39 is 5.97 Å². The van der Waals surface area contributed by atoms with Gasteiger partial charge in [-0.25, -0.2) is 0 Å². The molecule has 2 heterocycles. The van der Waals surface area contributed by atoms with E-state index in [1.807, 2.05) is 35.4 Å². The highest BCUT2D eigenvalue weighted by molar-refractivity contribution is 5.98. The molecule has 2 aromatic rings. The molecule has 0 spiro atoms. The molecule has 0 saturated carbocycles. The van der Waals surface area contributed by atoms with Crippen LogP contribution in [0, 0.1) is 5.92 Å². The Morgan fingerprint density at radius 2 is 2.18 bits per heavy atom. The SMILES string of the molecule is O=C(O)CC[C@H]1CCCN(C(=O)c2ccc3[nH]ccc3c2)C1. The van der Waals surface area contributed by atoms with Crippen molar-refractivity contribution in [1.29, 1.82) is 0 Å². The Hall–Kier alpha value is -2.30. The smallest absolute Gasteiger partial charge is 0.303 e. The lowest BCUT2D eigenvalue weighted by Crippen LogP contribution is -2.40. The van der Waals surface area contributed by atoms with Gasteiger partial charge in [0.15, 0.2) is 0 Å².